The van der Waals surface area contributed by atoms with E-state index in [1.807, 2.05) is 30.3 Å². The molecule has 0 spiro atoms. The molecular weight excluding hydrogens is 188 g/mol. The van der Waals surface area contributed by atoms with Crippen LogP contribution >= 0.6 is 0 Å². The van der Waals surface area contributed by atoms with E-state index >= 15 is 0 Å². The van der Waals surface area contributed by atoms with Crippen molar-refractivity contribution >= 4 is 5.91 Å². The Bertz CT molecular complexity index is 337. The fourth-order valence-corrected chi connectivity index (χ4v) is 1.92. The molecule has 1 aromatic carbocycles. The fraction of sp³-hybridized carbons (Fsp3) is 0.417. The average molecular weight is 204 g/mol. The lowest BCUT2D eigenvalue weighted by Crippen LogP contribution is -2.29. The molecule has 1 aliphatic heterocycles. The molecule has 0 bridgehead atoms. The maximum Gasteiger partial charge on any atom is 0.228 e. The molecule has 1 N–H and O–H groups in total. The number of benzene rings is 1. The molecule has 1 unspecified atom stereocenters. The lowest BCUT2D eigenvalue weighted by Gasteiger charge is -2.18. The van der Waals surface area contributed by atoms with E-state index in [2.05, 4.69) is 17.3 Å². The molecule has 1 amide bonds. The zero-order valence-corrected chi connectivity index (χ0v) is 8.94. The Morgan fingerprint density at radius 1 is 1.33 bits per heavy atom. The summed E-state index contributed by atoms with van der Waals surface area (Å²) in [4.78, 5) is 14.0. The highest BCUT2D eigenvalue weighted by molar-refractivity contribution is 5.84. The summed E-state index contributed by atoms with van der Waals surface area (Å²) >= 11 is 0. The van der Waals surface area contributed by atoms with Gasteiger partial charge in [-0.2, -0.15) is 0 Å². The minimum absolute atomic E-state index is 0.0290. The topological polar surface area (TPSA) is 32.3 Å². The van der Waals surface area contributed by atoms with Crippen molar-refractivity contribution < 1.29 is 4.79 Å². The predicted molar refractivity (Wildman–Crippen MR) is 59.7 cm³/mol. The van der Waals surface area contributed by atoms with Crippen molar-refractivity contribution in [1.29, 1.82) is 0 Å². The van der Waals surface area contributed by atoms with Crippen LogP contribution in [0.3, 0.4) is 0 Å². The quantitative estimate of drug-likeness (QED) is 0.735. The van der Waals surface area contributed by atoms with Crippen molar-refractivity contribution in [2.75, 3.05) is 26.7 Å². The maximum absolute atomic E-state index is 11.8. The van der Waals surface area contributed by atoms with Crippen molar-refractivity contribution in [2.24, 2.45) is 0 Å². The number of amides is 1. The molecule has 0 aromatic heterocycles. The van der Waals surface area contributed by atoms with Crippen molar-refractivity contribution in [2.45, 2.75) is 5.92 Å². The van der Waals surface area contributed by atoms with Gasteiger partial charge < -0.3 is 10.2 Å². The van der Waals surface area contributed by atoms with Crippen LogP contribution in [0, 0.1) is 0 Å². The third-order valence-corrected chi connectivity index (χ3v) is 2.81. The van der Waals surface area contributed by atoms with Crippen LogP contribution in [0.2, 0.25) is 0 Å². The minimum Gasteiger partial charge on any atom is -0.354 e. The van der Waals surface area contributed by atoms with E-state index in [-0.39, 0.29) is 11.8 Å². The Hall–Kier alpha value is -1.35. The van der Waals surface area contributed by atoms with Gasteiger partial charge in [-0.1, -0.05) is 30.3 Å². The number of nitrogens with one attached hydrogen (secondary N) is 1. The number of carbonyl (C=O) groups is 1. The average Bonchev–Trinajstić information content (AvgIpc) is 2.42. The predicted octanol–water partition coefficient (Wildman–Crippen LogP) is 0.832. The Labute approximate surface area is 90.1 Å². The first-order valence-corrected chi connectivity index (χ1v) is 5.28. The summed E-state index contributed by atoms with van der Waals surface area (Å²) in [6.07, 6.45) is 0. The van der Waals surface area contributed by atoms with Crippen molar-refractivity contribution in [3.63, 3.8) is 0 Å². The van der Waals surface area contributed by atoms with Gasteiger partial charge in [-0.15, -0.1) is 0 Å². The zero-order valence-electron chi connectivity index (χ0n) is 8.94. The van der Waals surface area contributed by atoms with Crippen LogP contribution in [0.25, 0.3) is 0 Å². The second-order valence-corrected chi connectivity index (χ2v) is 4.02. The van der Waals surface area contributed by atoms with Gasteiger partial charge in [0.25, 0.3) is 0 Å². The number of likely N-dealkylation sites (N-methyl/N-ethyl adjacent to an activating group) is 1. The largest absolute Gasteiger partial charge is 0.354 e. The summed E-state index contributed by atoms with van der Waals surface area (Å²) in [6.45, 7) is 2.48. The summed E-state index contributed by atoms with van der Waals surface area (Å²) in [5.41, 5.74) is 1.10. The van der Waals surface area contributed by atoms with Gasteiger partial charge >= 0.3 is 0 Å². The standard InChI is InChI=1S/C12H16N2O/c1-14-8-7-13-12(15)11(9-14)10-5-3-2-4-6-10/h2-6,11H,7-9H2,1H3,(H,13,15). The Morgan fingerprint density at radius 3 is 2.80 bits per heavy atom. The van der Waals surface area contributed by atoms with Gasteiger partial charge in [0.1, 0.15) is 0 Å². The van der Waals surface area contributed by atoms with Crippen molar-refractivity contribution in [3.8, 4) is 0 Å². The third-order valence-electron chi connectivity index (χ3n) is 2.81. The monoisotopic (exact) mass is 204 g/mol. The van der Waals surface area contributed by atoms with Gasteiger partial charge in [0.05, 0.1) is 5.92 Å². The Kier molecular flexibility index (Phi) is 3.02. The molecule has 0 radical (unpaired) electrons. The van der Waals surface area contributed by atoms with Crippen LogP contribution in [-0.4, -0.2) is 37.5 Å². The van der Waals surface area contributed by atoms with Gasteiger partial charge in [0.2, 0.25) is 5.91 Å². The van der Waals surface area contributed by atoms with Crippen molar-refractivity contribution in [3.05, 3.63) is 35.9 Å². The first kappa shape index (κ1) is 10.2. The molecule has 1 aromatic rings. The van der Waals surface area contributed by atoms with E-state index in [1.54, 1.807) is 0 Å². The molecule has 0 aliphatic carbocycles. The maximum atomic E-state index is 11.8. The fourth-order valence-electron chi connectivity index (χ4n) is 1.92. The van der Waals surface area contributed by atoms with E-state index in [9.17, 15) is 4.79 Å². The molecule has 15 heavy (non-hydrogen) atoms. The SMILES string of the molecule is CN1CCNC(=O)C(c2ccccc2)C1. The van der Waals surface area contributed by atoms with E-state index in [4.69, 9.17) is 0 Å². The van der Waals surface area contributed by atoms with E-state index in [0.717, 1.165) is 25.2 Å². The van der Waals surface area contributed by atoms with Gasteiger partial charge in [0.15, 0.2) is 0 Å². The second-order valence-electron chi connectivity index (χ2n) is 4.02. The lowest BCUT2D eigenvalue weighted by atomic mass is 9.98. The zero-order chi connectivity index (χ0) is 10.7. The highest BCUT2D eigenvalue weighted by Gasteiger charge is 2.24. The van der Waals surface area contributed by atoms with E-state index in [0.29, 0.717) is 0 Å². The van der Waals surface area contributed by atoms with Crippen LogP contribution in [0.1, 0.15) is 11.5 Å². The minimum atomic E-state index is -0.0290. The van der Waals surface area contributed by atoms with Crippen molar-refractivity contribution in [1.82, 2.24) is 10.2 Å². The van der Waals surface area contributed by atoms with Gasteiger partial charge in [-0.25, -0.2) is 0 Å². The normalized spacial score (nSPS) is 23.3. The lowest BCUT2D eigenvalue weighted by molar-refractivity contribution is -0.122. The van der Waals surface area contributed by atoms with E-state index in [1.165, 1.54) is 0 Å². The van der Waals surface area contributed by atoms with E-state index < -0.39 is 0 Å². The molecule has 1 atom stereocenters. The highest BCUT2D eigenvalue weighted by Crippen LogP contribution is 2.17. The number of nitrogens with zero attached hydrogens (tertiary/aromatic N) is 1. The highest BCUT2D eigenvalue weighted by atomic mass is 16.1. The summed E-state index contributed by atoms with van der Waals surface area (Å²) in [5.74, 6) is 0.115. The Morgan fingerprint density at radius 2 is 2.07 bits per heavy atom. The molecule has 3 nitrogen and oxygen atoms in total. The molecule has 2 rings (SSSR count). The summed E-state index contributed by atoms with van der Waals surface area (Å²) < 4.78 is 0. The van der Waals surface area contributed by atoms with Crippen LogP contribution in [0.5, 0.6) is 0 Å². The van der Waals surface area contributed by atoms with Crippen LogP contribution < -0.4 is 5.32 Å². The number of hydrogen-bond acceptors (Lipinski definition) is 2. The molecule has 1 fully saturated rings. The van der Waals surface area contributed by atoms with Crippen LogP contribution in [0.4, 0.5) is 0 Å². The summed E-state index contributed by atoms with van der Waals surface area (Å²) in [7, 11) is 2.05. The first-order valence-electron chi connectivity index (χ1n) is 5.28. The molecule has 1 saturated heterocycles. The molecule has 1 aliphatic rings. The molecule has 1 heterocycles. The number of rotatable bonds is 1. The van der Waals surface area contributed by atoms with Gasteiger partial charge in [0, 0.05) is 19.6 Å². The Balaban J connectivity index is 2.22. The third kappa shape index (κ3) is 2.36. The smallest absolute Gasteiger partial charge is 0.228 e. The first-order chi connectivity index (χ1) is 7.27. The molecule has 0 saturated carbocycles. The summed E-state index contributed by atoms with van der Waals surface area (Å²) in [6, 6.07) is 9.97. The molecule has 3 heteroatoms. The van der Waals surface area contributed by atoms with Gasteiger partial charge in [-0.05, 0) is 12.6 Å². The molecule has 80 valence electrons. The number of carbonyl (C=O) groups excluding carboxylic acids is 1. The van der Waals surface area contributed by atoms with Gasteiger partial charge in [-0.3, -0.25) is 4.79 Å². The van der Waals surface area contributed by atoms with Crippen LogP contribution in [-0.2, 0) is 4.79 Å². The second kappa shape index (κ2) is 4.45. The number of hydrogen-bond donors (Lipinski definition) is 1. The van der Waals surface area contributed by atoms with Crippen LogP contribution in [0.15, 0.2) is 30.3 Å². The summed E-state index contributed by atoms with van der Waals surface area (Å²) in [5, 5.41) is 2.94. The molecular formula is C12H16N2O.